The Bertz CT molecular complexity index is 223. The third-order valence-electron chi connectivity index (χ3n) is 1.44. The van der Waals surface area contributed by atoms with Crippen molar-refractivity contribution in [3.63, 3.8) is 0 Å². The number of nitrogens with two attached hydrogens (primary N) is 1. The van der Waals surface area contributed by atoms with E-state index in [2.05, 4.69) is 0 Å². The van der Waals surface area contributed by atoms with Crippen molar-refractivity contribution in [2.45, 2.75) is 18.8 Å². The highest BCUT2D eigenvalue weighted by Gasteiger charge is 2.46. The third-order valence-corrected chi connectivity index (χ3v) is 1.44. The zero-order chi connectivity index (χ0) is 10.2. The summed E-state index contributed by atoms with van der Waals surface area (Å²) in [5.74, 6) is 0. The third kappa shape index (κ3) is 2.00. The molecule has 13 heavy (non-hydrogen) atoms. The molecule has 1 atom stereocenters. The van der Waals surface area contributed by atoms with E-state index in [-0.39, 0.29) is 5.01 Å². The normalized spacial score (nSPS) is 24.0. The Hall–Kier alpha value is -1.05. The predicted molar refractivity (Wildman–Crippen MR) is 33.1 cm³/mol. The number of rotatable bonds is 1. The fourth-order valence-electron chi connectivity index (χ4n) is 0.871. The van der Waals surface area contributed by atoms with Crippen LogP contribution in [0.25, 0.3) is 0 Å². The van der Waals surface area contributed by atoms with Crippen LogP contribution >= 0.6 is 0 Å². The smallest absolute Gasteiger partial charge is 0.399 e. The van der Waals surface area contributed by atoms with Gasteiger partial charge < -0.3 is 5.73 Å². The first-order valence-corrected chi connectivity index (χ1v) is 3.19. The molecule has 1 aliphatic rings. The van der Waals surface area contributed by atoms with Gasteiger partial charge in [-0.25, -0.2) is 5.43 Å². The fourth-order valence-corrected chi connectivity index (χ4v) is 0.871. The Balaban J connectivity index is 2.72. The van der Waals surface area contributed by atoms with Gasteiger partial charge in [-0.1, -0.05) is 0 Å². The summed E-state index contributed by atoms with van der Waals surface area (Å²) < 4.78 is 59.7. The molecule has 76 valence electrons. The summed E-state index contributed by atoms with van der Waals surface area (Å²) in [4.78, 5) is 0. The van der Waals surface area contributed by atoms with Gasteiger partial charge in [-0.3, -0.25) is 5.01 Å². The lowest BCUT2D eigenvalue weighted by atomic mass is 10.2. The van der Waals surface area contributed by atoms with Gasteiger partial charge in [0.05, 0.1) is 5.70 Å². The fraction of sp³-hybridized carbons (Fsp3) is 0.600. The molecule has 8 heteroatoms. The average Bonchev–Trinajstić information content (AvgIpc) is 2.29. The van der Waals surface area contributed by atoms with Crippen molar-refractivity contribution < 1.29 is 22.0 Å². The minimum absolute atomic E-state index is 0.0213. The van der Waals surface area contributed by atoms with Crippen LogP contribution < -0.4 is 11.2 Å². The van der Waals surface area contributed by atoms with Crippen LogP contribution in [-0.4, -0.2) is 23.8 Å². The van der Waals surface area contributed by atoms with Crippen LogP contribution in [0.3, 0.4) is 0 Å². The molecular weight excluding hydrogens is 197 g/mol. The van der Waals surface area contributed by atoms with Crippen LogP contribution in [0.5, 0.6) is 0 Å². The van der Waals surface area contributed by atoms with Crippen LogP contribution in [-0.2, 0) is 0 Å². The molecule has 0 saturated heterocycles. The van der Waals surface area contributed by atoms with Crippen molar-refractivity contribution in [1.29, 1.82) is 0 Å². The SMILES string of the molecule is NC1=CN(C(F)F)NC1C(F)(F)F. The topological polar surface area (TPSA) is 41.3 Å². The van der Waals surface area contributed by atoms with Crippen LogP contribution in [0.2, 0.25) is 0 Å². The summed E-state index contributed by atoms with van der Waals surface area (Å²) in [5, 5.41) is 0.0213. The second-order valence-electron chi connectivity index (χ2n) is 2.42. The molecule has 0 aromatic heterocycles. The Morgan fingerprint density at radius 2 is 2.00 bits per heavy atom. The maximum absolute atomic E-state index is 12.0. The quantitative estimate of drug-likeness (QED) is 0.488. The van der Waals surface area contributed by atoms with Crippen molar-refractivity contribution in [3.05, 3.63) is 11.9 Å². The molecule has 3 N–H and O–H groups in total. The van der Waals surface area contributed by atoms with Gasteiger partial charge in [-0.2, -0.15) is 22.0 Å². The van der Waals surface area contributed by atoms with E-state index in [0.717, 1.165) is 0 Å². The first-order valence-electron chi connectivity index (χ1n) is 3.19. The molecule has 0 bridgehead atoms. The lowest BCUT2D eigenvalue weighted by molar-refractivity contribution is -0.160. The predicted octanol–water partition coefficient (Wildman–Crippen LogP) is 0.760. The lowest BCUT2D eigenvalue weighted by Gasteiger charge is -2.20. The zero-order valence-electron chi connectivity index (χ0n) is 6.15. The van der Waals surface area contributed by atoms with E-state index in [0.29, 0.717) is 6.20 Å². The summed E-state index contributed by atoms with van der Waals surface area (Å²) in [6.45, 7) is -3.05. The summed E-state index contributed by atoms with van der Waals surface area (Å²) in [7, 11) is 0. The first kappa shape index (κ1) is 10.0. The van der Waals surface area contributed by atoms with E-state index in [9.17, 15) is 22.0 Å². The van der Waals surface area contributed by atoms with E-state index in [1.54, 1.807) is 0 Å². The van der Waals surface area contributed by atoms with Crippen LogP contribution in [0.1, 0.15) is 0 Å². The number of alkyl halides is 5. The minimum atomic E-state index is -4.66. The number of nitrogens with one attached hydrogen (secondary N) is 1. The number of nitrogens with zero attached hydrogens (tertiary/aromatic N) is 1. The molecule has 0 aromatic carbocycles. The standard InChI is InChI=1S/C5H6F5N3/c6-4(7)13-1-2(11)3(12-13)5(8,9)10/h1,3-4,12H,11H2. The molecule has 0 radical (unpaired) electrons. The Morgan fingerprint density at radius 1 is 1.46 bits per heavy atom. The number of hydrogen-bond donors (Lipinski definition) is 2. The summed E-state index contributed by atoms with van der Waals surface area (Å²) in [5.41, 5.74) is 5.74. The monoisotopic (exact) mass is 203 g/mol. The van der Waals surface area contributed by atoms with Gasteiger partial charge in [0.15, 0.2) is 6.04 Å². The molecule has 3 nitrogen and oxygen atoms in total. The second-order valence-corrected chi connectivity index (χ2v) is 2.42. The van der Waals surface area contributed by atoms with Crippen molar-refractivity contribution in [3.8, 4) is 0 Å². The number of hydrazine groups is 1. The Kier molecular flexibility index (Phi) is 2.33. The van der Waals surface area contributed by atoms with Crippen molar-refractivity contribution >= 4 is 0 Å². The summed E-state index contributed by atoms with van der Waals surface area (Å²) in [6, 6.07) is -2.22. The van der Waals surface area contributed by atoms with Gasteiger partial charge in [0, 0.05) is 6.20 Å². The number of hydrogen-bond acceptors (Lipinski definition) is 3. The highest BCUT2D eigenvalue weighted by Crippen LogP contribution is 2.27. The van der Waals surface area contributed by atoms with E-state index in [4.69, 9.17) is 5.73 Å². The maximum atomic E-state index is 12.0. The second kappa shape index (κ2) is 3.02. The Labute approximate surface area is 70.0 Å². The molecule has 0 amide bonds. The highest BCUT2D eigenvalue weighted by atomic mass is 19.4. The van der Waals surface area contributed by atoms with E-state index in [1.165, 1.54) is 5.43 Å². The van der Waals surface area contributed by atoms with Crippen LogP contribution in [0.4, 0.5) is 22.0 Å². The highest BCUT2D eigenvalue weighted by molar-refractivity contribution is 5.13. The molecular formula is C5H6F5N3. The van der Waals surface area contributed by atoms with Crippen LogP contribution in [0, 0.1) is 0 Å². The molecule has 0 aromatic rings. The minimum Gasteiger partial charge on any atom is -0.399 e. The van der Waals surface area contributed by atoms with Gasteiger partial charge in [0.25, 0.3) is 0 Å². The molecule has 0 saturated carbocycles. The summed E-state index contributed by atoms with van der Waals surface area (Å²) >= 11 is 0. The van der Waals surface area contributed by atoms with E-state index in [1.807, 2.05) is 0 Å². The van der Waals surface area contributed by atoms with Crippen molar-refractivity contribution in [2.24, 2.45) is 5.73 Å². The molecule has 1 rings (SSSR count). The average molecular weight is 203 g/mol. The van der Waals surface area contributed by atoms with Crippen molar-refractivity contribution in [1.82, 2.24) is 10.4 Å². The molecule has 1 aliphatic heterocycles. The van der Waals surface area contributed by atoms with Gasteiger partial charge in [-0.15, -0.1) is 0 Å². The zero-order valence-corrected chi connectivity index (χ0v) is 6.15. The van der Waals surface area contributed by atoms with Gasteiger partial charge in [0.1, 0.15) is 0 Å². The molecule has 1 heterocycles. The van der Waals surface area contributed by atoms with Crippen molar-refractivity contribution in [2.75, 3.05) is 0 Å². The largest absolute Gasteiger partial charge is 0.411 e. The van der Waals surface area contributed by atoms with E-state index < -0.39 is 24.5 Å². The van der Waals surface area contributed by atoms with Crippen LogP contribution in [0.15, 0.2) is 11.9 Å². The molecule has 0 spiro atoms. The lowest BCUT2D eigenvalue weighted by Crippen LogP contribution is -2.47. The van der Waals surface area contributed by atoms with E-state index >= 15 is 0 Å². The first-order chi connectivity index (χ1) is 5.82. The van der Waals surface area contributed by atoms with Gasteiger partial charge >= 0.3 is 12.7 Å². The Morgan fingerprint density at radius 3 is 2.23 bits per heavy atom. The summed E-state index contributed by atoms with van der Waals surface area (Å²) in [6.07, 6.45) is -4.13. The maximum Gasteiger partial charge on any atom is 0.411 e. The molecule has 0 aliphatic carbocycles. The van der Waals surface area contributed by atoms with Gasteiger partial charge in [-0.05, 0) is 0 Å². The molecule has 1 unspecified atom stereocenters. The van der Waals surface area contributed by atoms with Gasteiger partial charge in [0.2, 0.25) is 0 Å². The molecule has 0 fully saturated rings. The number of halogens is 5.